The number of hydrogen-bond acceptors (Lipinski definition) is 3. The first-order valence-corrected chi connectivity index (χ1v) is 17.4. The summed E-state index contributed by atoms with van der Waals surface area (Å²) in [5, 5.41) is 2.70. The molecule has 2 heterocycles. The summed E-state index contributed by atoms with van der Waals surface area (Å²) in [6.07, 6.45) is 0. The SMILES string of the molecule is [2H]c1cc([2H])c2c(c1[2H])c1c([2H])c([2H])cc([2H])c1n2-c1cc(-c2ccccc2)cc(-c2nc(-c3ccccc3)nc(-c3cccc(-c4ccc5ccccc5c4)c3)n2)c1. The zero-order valence-corrected chi connectivity index (χ0v) is 28.3. The van der Waals surface area contributed by atoms with Crippen molar-refractivity contribution in [3.63, 3.8) is 0 Å². The Bertz CT molecular complexity index is 3220. The van der Waals surface area contributed by atoms with Crippen molar-refractivity contribution >= 4 is 32.6 Å². The minimum atomic E-state index is -0.169. The van der Waals surface area contributed by atoms with E-state index in [0.717, 1.165) is 38.8 Å². The molecule has 0 amide bonds. The topological polar surface area (TPSA) is 43.6 Å². The normalized spacial score (nSPS) is 13.0. The standard InChI is InChI=1S/C49H32N4/c1-3-14-33(15-4-1)40-30-41(32-42(31-40)53-45-24-11-9-22-43(45)44-23-10-12-25-46(44)53)49-51-47(35-17-5-2-6-18-35)50-48(52-49)39-21-13-20-37(29-39)38-27-26-34-16-7-8-19-36(34)28-38/h1-32H/i9D,10D,22D,23D,24D,25D. The Morgan fingerprint density at radius 1 is 0.358 bits per heavy atom. The Balaban J connectivity index is 1.24. The van der Waals surface area contributed by atoms with Gasteiger partial charge in [-0.2, -0.15) is 0 Å². The molecular formula is C49H32N4. The van der Waals surface area contributed by atoms with Gasteiger partial charge in [-0.25, -0.2) is 15.0 Å². The lowest BCUT2D eigenvalue weighted by atomic mass is 9.99. The maximum Gasteiger partial charge on any atom is 0.164 e. The van der Waals surface area contributed by atoms with Crippen LogP contribution in [-0.4, -0.2) is 19.5 Å². The maximum atomic E-state index is 9.09. The van der Waals surface area contributed by atoms with E-state index in [4.69, 9.17) is 23.2 Å². The first kappa shape index (κ1) is 24.9. The molecule has 0 spiro atoms. The predicted octanol–water partition coefficient (Wildman–Crippen LogP) is 12.5. The van der Waals surface area contributed by atoms with Crippen molar-refractivity contribution in [1.29, 1.82) is 0 Å². The molecule has 10 rings (SSSR count). The van der Waals surface area contributed by atoms with E-state index in [2.05, 4.69) is 42.5 Å². The van der Waals surface area contributed by atoms with Crippen LogP contribution < -0.4 is 0 Å². The van der Waals surface area contributed by atoms with Gasteiger partial charge in [0, 0.05) is 33.2 Å². The average molecular weight is 683 g/mol. The zero-order chi connectivity index (χ0) is 40.4. The van der Waals surface area contributed by atoms with E-state index < -0.39 is 0 Å². The molecule has 0 radical (unpaired) electrons. The summed E-state index contributed by atoms with van der Waals surface area (Å²) < 4.78 is 54.7. The number of para-hydroxylation sites is 2. The van der Waals surface area contributed by atoms with Gasteiger partial charge < -0.3 is 4.57 Å². The Morgan fingerprint density at radius 3 is 1.60 bits per heavy atom. The molecule has 4 heteroatoms. The first-order valence-electron chi connectivity index (χ1n) is 20.4. The molecule has 0 aliphatic heterocycles. The maximum absolute atomic E-state index is 9.09. The molecule has 0 saturated carbocycles. The molecule has 0 fully saturated rings. The predicted molar refractivity (Wildman–Crippen MR) is 219 cm³/mol. The Labute approximate surface area is 315 Å². The number of benzene rings is 8. The van der Waals surface area contributed by atoms with Gasteiger partial charge in [-0.05, 0) is 75.4 Å². The smallest absolute Gasteiger partial charge is 0.164 e. The molecular weight excluding hydrogens is 645 g/mol. The number of nitrogens with zero attached hydrogens (tertiary/aromatic N) is 4. The summed E-state index contributed by atoms with van der Waals surface area (Å²) in [6.45, 7) is 0. The minimum Gasteiger partial charge on any atom is -0.309 e. The van der Waals surface area contributed by atoms with Crippen LogP contribution in [-0.2, 0) is 0 Å². The summed E-state index contributed by atoms with van der Waals surface area (Å²) in [5.41, 5.74) is 7.13. The van der Waals surface area contributed by atoms with Crippen molar-refractivity contribution in [2.75, 3.05) is 0 Å². The summed E-state index contributed by atoms with van der Waals surface area (Å²) in [4.78, 5) is 15.2. The number of aromatic nitrogens is 4. The lowest BCUT2D eigenvalue weighted by Gasteiger charge is -2.14. The average Bonchev–Trinajstić information content (AvgIpc) is 3.66. The van der Waals surface area contributed by atoms with Gasteiger partial charge in [0.05, 0.1) is 19.3 Å². The highest BCUT2D eigenvalue weighted by Gasteiger charge is 2.18. The van der Waals surface area contributed by atoms with Gasteiger partial charge in [0.1, 0.15) is 0 Å². The molecule has 0 saturated heterocycles. The molecule has 10 aromatic rings. The van der Waals surface area contributed by atoms with Crippen LogP contribution in [0.5, 0.6) is 0 Å². The Morgan fingerprint density at radius 2 is 0.887 bits per heavy atom. The van der Waals surface area contributed by atoms with Gasteiger partial charge in [-0.1, -0.05) is 152 Å². The fourth-order valence-electron chi connectivity index (χ4n) is 7.00. The monoisotopic (exact) mass is 682 g/mol. The Kier molecular flexibility index (Phi) is 6.04. The van der Waals surface area contributed by atoms with Gasteiger partial charge in [0.15, 0.2) is 17.5 Å². The van der Waals surface area contributed by atoms with E-state index in [-0.39, 0.29) is 58.1 Å². The molecule has 0 N–H and O–H groups in total. The van der Waals surface area contributed by atoms with Gasteiger partial charge in [-0.3, -0.25) is 0 Å². The van der Waals surface area contributed by atoms with Crippen molar-refractivity contribution in [2.45, 2.75) is 0 Å². The van der Waals surface area contributed by atoms with E-state index in [1.165, 1.54) is 17.5 Å². The highest BCUT2D eigenvalue weighted by Crippen LogP contribution is 2.36. The van der Waals surface area contributed by atoms with Gasteiger partial charge >= 0.3 is 0 Å². The molecule has 248 valence electrons. The highest BCUT2D eigenvalue weighted by atomic mass is 15.0. The first-order chi connectivity index (χ1) is 28.7. The van der Waals surface area contributed by atoms with Crippen molar-refractivity contribution < 1.29 is 8.22 Å². The summed E-state index contributed by atoms with van der Waals surface area (Å²) in [7, 11) is 0. The summed E-state index contributed by atoms with van der Waals surface area (Å²) in [5.74, 6) is 1.35. The molecule has 0 atom stereocenters. The molecule has 0 aliphatic carbocycles. The quantitative estimate of drug-likeness (QED) is 0.175. The second kappa shape index (κ2) is 12.9. The van der Waals surface area contributed by atoms with Crippen molar-refractivity contribution in [3.8, 4) is 62.1 Å². The summed E-state index contributed by atoms with van der Waals surface area (Å²) >= 11 is 0. The van der Waals surface area contributed by atoms with Gasteiger partial charge in [-0.15, -0.1) is 0 Å². The van der Waals surface area contributed by atoms with Crippen molar-refractivity contribution in [2.24, 2.45) is 0 Å². The lowest BCUT2D eigenvalue weighted by Crippen LogP contribution is -2.02. The van der Waals surface area contributed by atoms with Gasteiger partial charge in [0.2, 0.25) is 0 Å². The third-order valence-electron chi connectivity index (χ3n) is 9.54. The molecule has 0 aliphatic rings. The fourth-order valence-corrected chi connectivity index (χ4v) is 7.00. The zero-order valence-electron chi connectivity index (χ0n) is 34.3. The number of hydrogen-bond donors (Lipinski definition) is 0. The van der Waals surface area contributed by atoms with Crippen LogP contribution in [0.25, 0.3) is 94.7 Å². The van der Waals surface area contributed by atoms with E-state index in [1.54, 1.807) is 4.57 Å². The van der Waals surface area contributed by atoms with Crippen LogP contribution in [0.1, 0.15) is 8.22 Å². The summed E-state index contributed by atoms with van der Waals surface area (Å²) in [6, 6.07) is 50.2. The minimum absolute atomic E-state index is 0.0331. The molecule has 0 bridgehead atoms. The second-order valence-corrected chi connectivity index (χ2v) is 12.8. The molecule has 8 aromatic carbocycles. The third-order valence-corrected chi connectivity index (χ3v) is 9.54. The van der Waals surface area contributed by atoms with Crippen LogP contribution in [0.2, 0.25) is 0 Å². The van der Waals surface area contributed by atoms with Crippen LogP contribution in [0.3, 0.4) is 0 Å². The van der Waals surface area contributed by atoms with E-state index >= 15 is 0 Å². The Hall–Kier alpha value is -7.17. The van der Waals surface area contributed by atoms with E-state index in [1.807, 2.05) is 103 Å². The van der Waals surface area contributed by atoms with Gasteiger partial charge in [0.25, 0.3) is 0 Å². The number of rotatable bonds is 6. The number of fused-ring (bicyclic) bond motifs is 4. The van der Waals surface area contributed by atoms with E-state index in [9.17, 15) is 0 Å². The largest absolute Gasteiger partial charge is 0.309 e. The highest BCUT2D eigenvalue weighted by molar-refractivity contribution is 6.09. The van der Waals surface area contributed by atoms with Crippen LogP contribution in [0.4, 0.5) is 0 Å². The molecule has 2 aromatic heterocycles. The fraction of sp³-hybridized carbons (Fsp3) is 0. The second-order valence-electron chi connectivity index (χ2n) is 12.8. The molecule has 4 nitrogen and oxygen atoms in total. The van der Waals surface area contributed by atoms with Crippen molar-refractivity contribution in [1.82, 2.24) is 19.5 Å². The van der Waals surface area contributed by atoms with Crippen LogP contribution in [0.15, 0.2) is 194 Å². The van der Waals surface area contributed by atoms with Crippen LogP contribution in [0, 0.1) is 0 Å². The molecule has 0 unspecified atom stereocenters. The third kappa shape index (κ3) is 5.63. The lowest BCUT2D eigenvalue weighted by molar-refractivity contribution is 1.07. The van der Waals surface area contributed by atoms with Crippen LogP contribution >= 0.6 is 0 Å². The van der Waals surface area contributed by atoms with E-state index in [0.29, 0.717) is 28.7 Å². The molecule has 53 heavy (non-hydrogen) atoms. The van der Waals surface area contributed by atoms with Crippen molar-refractivity contribution in [3.05, 3.63) is 194 Å².